The van der Waals surface area contributed by atoms with Gasteiger partial charge in [-0.2, -0.15) is 0 Å². The van der Waals surface area contributed by atoms with Crippen molar-refractivity contribution in [3.63, 3.8) is 0 Å². The Kier molecular flexibility index (Phi) is 3.23. The highest BCUT2D eigenvalue weighted by Gasteiger charge is 2.09. The number of rotatable bonds is 3. The van der Waals surface area contributed by atoms with E-state index in [-0.39, 0.29) is 11.7 Å². The molecule has 0 spiro atoms. The number of fused-ring (bicyclic) bond motifs is 1. The van der Waals surface area contributed by atoms with Crippen LogP contribution in [0, 0.1) is 11.2 Å². The van der Waals surface area contributed by atoms with E-state index in [0.717, 1.165) is 5.39 Å². The van der Waals surface area contributed by atoms with Gasteiger partial charge in [-0.05, 0) is 30.3 Å². The summed E-state index contributed by atoms with van der Waals surface area (Å²) in [6.07, 6.45) is 0. The van der Waals surface area contributed by atoms with Gasteiger partial charge in [-0.25, -0.2) is 9.37 Å². The number of aromatic nitrogens is 1. The van der Waals surface area contributed by atoms with Gasteiger partial charge in [0.05, 0.1) is 5.52 Å². The lowest BCUT2D eigenvalue weighted by atomic mass is 10.1. The number of amidine groups is 1. The van der Waals surface area contributed by atoms with Crippen molar-refractivity contribution in [2.45, 2.75) is 0 Å². The molecule has 0 aliphatic heterocycles. The molecule has 0 atom stereocenters. The summed E-state index contributed by atoms with van der Waals surface area (Å²) in [5.41, 5.74) is 6.85. The van der Waals surface area contributed by atoms with Gasteiger partial charge in [0.15, 0.2) is 0 Å². The van der Waals surface area contributed by atoms with E-state index in [4.69, 9.17) is 15.9 Å². The molecule has 0 aliphatic rings. The minimum atomic E-state index is -0.335. The average molecular weight is 281 g/mol. The van der Waals surface area contributed by atoms with Crippen LogP contribution >= 0.6 is 0 Å². The number of nitrogens with two attached hydrogens (primary N) is 1. The third-order valence-corrected chi connectivity index (χ3v) is 3.02. The quantitative estimate of drug-likeness (QED) is 0.570. The fraction of sp³-hybridized carbons (Fsp3) is 0. The summed E-state index contributed by atoms with van der Waals surface area (Å²) in [5.74, 6) is 0.384. The number of nitrogens with zero attached hydrogens (tertiary/aromatic N) is 1. The highest BCUT2D eigenvalue weighted by molar-refractivity contribution is 6.06. The van der Waals surface area contributed by atoms with E-state index < -0.39 is 0 Å². The summed E-state index contributed by atoms with van der Waals surface area (Å²) in [6, 6.07) is 14.6. The molecular formula is C16H12FN3O. The normalized spacial score (nSPS) is 10.5. The molecule has 5 heteroatoms. The van der Waals surface area contributed by atoms with Crippen LogP contribution in [0.25, 0.3) is 10.9 Å². The Labute approximate surface area is 120 Å². The second kappa shape index (κ2) is 5.20. The number of hydrogen-bond donors (Lipinski definition) is 2. The highest BCUT2D eigenvalue weighted by Crippen LogP contribution is 2.25. The number of hydrogen-bond acceptors (Lipinski definition) is 3. The molecule has 3 N–H and O–H groups in total. The summed E-state index contributed by atoms with van der Waals surface area (Å²) >= 11 is 0. The zero-order chi connectivity index (χ0) is 14.8. The molecule has 0 fully saturated rings. The van der Waals surface area contributed by atoms with Gasteiger partial charge in [-0.3, -0.25) is 5.41 Å². The fourth-order valence-electron chi connectivity index (χ4n) is 2.05. The van der Waals surface area contributed by atoms with E-state index >= 15 is 0 Å². The van der Waals surface area contributed by atoms with E-state index in [2.05, 4.69) is 4.98 Å². The number of pyridine rings is 1. The molecule has 3 aromatic rings. The van der Waals surface area contributed by atoms with Crippen LogP contribution in [-0.4, -0.2) is 10.8 Å². The Balaban J connectivity index is 2.06. The van der Waals surface area contributed by atoms with Gasteiger partial charge in [0.2, 0.25) is 5.88 Å². The molecule has 0 amide bonds. The van der Waals surface area contributed by atoms with Crippen molar-refractivity contribution >= 4 is 16.7 Å². The van der Waals surface area contributed by atoms with Crippen molar-refractivity contribution in [3.8, 4) is 11.6 Å². The summed E-state index contributed by atoms with van der Waals surface area (Å²) in [7, 11) is 0. The standard InChI is InChI=1S/C16H12FN3O/c17-10-5-7-11(8-6-10)21-15-9-13(16(18)19)12-3-1-2-4-14(12)20-15/h1-9H,(H3,18,19). The van der Waals surface area contributed by atoms with Gasteiger partial charge in [-0.15, -0.1) is 0 Å². The van der Waals surface area contributed by atoms with E-state index in [1.54, 1.807) is 6.07 Å². The molecule has 4 nitrogen and oxygen atoms in total. The molecule has 1 heterocycles. The molecule has 21 heavy (non-hydrogen) atoms. The lowest BCUT2D eigenvalue weighted by Crippen LogP contribution is -2.12. The third-order valence-electron chi connectivity index (χ3n) is 3.02. The Hall–Kier alpha value is -2.95. The maximum absolute atomic E-state index is 12.9. The van der Waals surface area contributed by atoms with Crippen molar-refractivity contribution in [1.82, 2.24) is 4.98 Å². The van der Waals surface area contributed by atoms with Crippen molar-refractivity contribution in [3.05, 3.63) is 66.0 Å². The van der Waals surface area contributed by atoms with Gasteiger partial charge in [0.25, 0.3) is 0 Å². The van der Waals surface area contributed by atoms with Crippen LogP contribution in [-0.2, 0) is 0 Å². The van der Waals surface area contributed by atoms with Gasteiger partial charge in [-0.1, -0.05) is 18.2 Å². The summed E-state index contributed by atoms with van der Waals surface area (Å²) < 4.78 is 18.5. The number of benzene rings is 2. The first kappa shape index (κ1) is 13.1. The van der Waals surface area contributed by atoms with Crippen LogP contribution in [0.2, 0.25) is 0 Å². The second-order valence-electron chi connectivity index (χ2n) is 4.49. The van der Waals surface area contributed by atoms with Crippen LogP contribution in [0.4, 0.5) is 4.39 Å². The number of nitrogen functional groups attached to an aromatic ring is 1. The van der Waals surface area contributed by atoms with Crippen LogP contribution in [0.15, 0.2) is 54.6 Å². The maximum Gasteiger partial charge on any atom is 0.220 e. The van der Waals surface area contributed by atoms with Crippen LogP contribution < -0.4 is 10.5 Å². The molecule has 1 aromatic heterocycles. The smallest absolute Gasteiger partial charge is 0.220 e. The predicted molar refractivity (Wildman–Crippen MR) is 79.2 cm³/mol. The SMILES string of the molecule is N=C(N)c1cc(Oc2ccc(F)cc2)nc2ccccc12. The number of nitrogens with one attached hydrogen (secondary N) is 1. The molecule has 2 aromatic carbocycles. The van der Waals surface area contributed by atoms with E-state index in [1.165, 1.54) is 24.3 Å². The Morgan fingerprint density at radius 3 is 2.52 bits per heavy atom. The molecule has 0 bridgehead atoms. The minimum absolute atomic E-state index is 0.0578. The van der Waals surface area contributed by atoms with Gasteiger partial charge >= 0.3 is 0 Å². The molecule has 0 unspecified atom stereocenters. The summed E-state index contributed by atoms with van der Waals surface area (Å²) in [5, 5.41) is 8.46. The molecule has 0 aliphatic carbocycles. The monoisotopic (exact) mass is 281 g/mol. The molecule has 104 valence electrons. The first-order valence-corrected chi connectivity index (χ1v) is 6.31. The lowest BCUT2D eigenvalue weighted by molar-refractivity contribution is 0.463. The fourth-order valence-corrected chi connectivity index (χ4v) is 2.05. The summed E-state index contributed by atoms with van der Waals surface area (Å²) in [4.78, 5) is 4.37. The molecule has 0 radical (unpaired) electrons. The van der Waals surface area contributed by atoms with E-state index in [9.17, 15) is 4.39 Å². The highest BCUT2D eigenvalue weighted by atomic mass is 19.1. The van der Waals surface area contributed by atoms with Crippen molar-refractivity contribution in [2.75, 3.05) is 0 Å². The number of halogens is 1. The zero-order valence-corrected chi connectivity index (χ0v) is 11.0. The van der Waals surface area contributed by atoms with Gasteiger partial charge in [0.1, 0.15) is 17.4 Å². The Morgan fingerprint density at radius 2 is 1.81 bits per heavy atom. The first-order chi connectivity index (χ1) is 10.1. The van der Waals surface area contributed by atoms with Crippen molar-refractivity contribution in [1.29, 1.82) is 5.41 Å². The molecule has 3 rings (SSSR count). The van der Waals surface area contributed by atoms with E-state index in [0.29, 0.717) is 22.7 Å². The zero-order valence-electron chi connectivity index (χ0n) is 11.0. The van der Waals surface area contributed by atoms with Crippen LogP contribution in [0.5, 0.6) is 11.6 Å². The number of para-hydroxylation sites is 1. The molecular weight excluding hydrogens is 269 g/mol. The van der Waals surface area contributed by atoms with Gasteiger partial charge < -0.3 is 10.5 Å². The molecule has 0 saturated carbocycles. The van der Waals surface area contributed by atoms with Crippen LogP contribution in [0.3, 0.4) is 0 Å². The molecule has 0 saturated heterocycles. The average Bonchev–Trinajstić information content (AvgIpc) is 2.48. The van der Waals surface area contributed by atoms with Crippen LogP contribution in [0.1, 0.15) is 5.56 Å². The third kappa shape index (κ3) is 2.67. The Morgan fingerprint density at radius 1 is 1.10 bits per heavy atom. The summed E-state index contributed by atoms with van der Waals surface area (Å²) in [6.45, 7) is 0. The maximum atomic E-state index is 12.9. The number of ether oxygens (including phenoxy) is 1. The minimum Gasteiger partial charge on any atom is -0.439 e. The second-order valence-corrected chi connectivity index (χ2v) is 4.49. The lowest BCUT2D eigenvalue weighted by Gasteiger charge is -2.09. The first-order valence-electron chi connectivity index (χ1n) is 6.31. The topological polar surface area (TPSA) is 72.0 Å². The van der Waals surface area contributed by atoms with Gasteiger partial charge in [0, 0.05) is 17.0 Å². The van der Waals surface area contributed by atoms with Crippen molar-refractivity contribution in [2.24, 2.45) is 5.73 Å². The largest absolute Gasteiger partial charge is 0.439 e. The van der Waals surface area contributed by atoms with E-state index in [1.807, 2.05) is 24.3 Å². The van der Waals surface area contributed by atoms with Crippen molar-refractivity contribution < 1.29 is 9.13 Å². The predicted octanol–water partition coefficient (Wildman–Crippen LogP) is 3.45. The Bertz CT molecular complexity index is 815.